The summed E-state index contributed by atoms with van der Waals surface area (Å²) in [5, 5.41) is 8.42. The number of allylic oxidation sites excluding steroid dienone is 4. The van der Waals surface area contributed by atoms with Crippen LogP contribution in [-0.4, -0.2) is 5.43 Å². The summed E-state index contributed by atoms with van der Waals surface area (Å²) in [5.74, 6) is 0. The van der Waals surface area contributed by atoms with Crippen LogP contribution < -0.4 is 35.2 Å². The van der Waals surface area contributed by atoms with E-state index in [9.17, 15) is 0 Å². The molecule has 0 amide bonds. The molecule has 7 aromatic rings. The first-order valence-corrected chi connectivity index (χ1v) is 24.3. The van der Waals surface area contributed by atoms with Crippen molar-refractivity contribution in [2.24, 2.45) is 0 Å². The maximum Gasteiger partial charge on any atom is -0.109 e. The molecule has 284 valence electrons. The molecule has 0 atom stereocenters. The van der Waals surface area contributed by atoms with Crippen LogP contribution in [0.15, 0.2) is 158 Å². The van der Waals surface area contributed by atoms with Gasteiger partial charge in [0.25, 0.3) is 0 Å². The normalized spacial score (nSPS) is 11.9. The van der Waals surface area contributed by atoms with Gasteiger partial charge in [-0.2, -0.15) is 6.08 Å². The fraction of sp³-hybridized carbons (Fsp3) is 0.212. The first-order chi connectivity index (χ1) is 25.8. The van der Waals surface area contributed by atoms with Crippen molar-refractivity contribution in [1.29, 1.82) is 0 Å². The number of halogens is 2. The van der Waals surface area contributed by atoms with E-state index >= 15 is 0 Å². The fourth-order valence-electron chi connectivity index (χ4n) is 7.01. The van der Waals surface area contributed by atoms with Crippen LogP contribution in [0.5, 0.6) is 0 Å². The molecule has 0 bridgehead atoms. The van der Waals surface area contributed by atoms with Gasteiger partial charge in [-0.15, -0.1) is 46.2 Å². The fourth-order valence-corrected chi connectivity index (χ4v) is 10.8. The topological polar surface area (TPSA) is 0 Å². The van der Waals surface area contributed by atoms with Crippen molar-refractivity contribution in [2.75, 3.05) is 0 Å². The summed E-state index contributed by atoms with van der Waals surface area (Å²) in [4.78, 5) is 0. The second kappa shape index (κ2) is 19.7. The average Bonchev–Trinajstić information content (AvgIpc) is 3.86. The number of benzene rings is 6. The first kappa shape index (κ1) is 45.1. The number of aryl methyl sites for hydroxylation is 2. The second-order valence-electron chi connectivity index (χ2n) is 16.5. The summed E-state index contributed by atoms with van der Waals surface area (Å²) in [6, 6.07) is 51.8. The third-order valence-electron chi connectivity index (χ3n) is 10.0. The van der Waals surface area contributed by atoms with Crippen LogP contribution in [0.4, 0.5) is 0 Å². The summed E-state index contributed by atoms with van der Waals surface area (Å²) in [6.45, 7) is 18.2. The predicted octanol–water partition coefficient (Wildman–Crippen LogP) is 6.91. The van der Waals surface area contributed by atoms with Crippen molar-refractivity contribution in [3.05, 3.63) is 186 Å². The predicted molar refractivity (Wildman–Crippen MR) is 234 cm³/mol. The molecule has 0 radical (unpaired) electrons. The van der Waals surface area contributed by atoms with Gasteiger partial charge >= 0.3 is 113 Å². The quantitative estimate of drug-likeness (QED) is 0.134. The summed E-state index contributed by atoms with van der Waals surface area (Å²) in [5.41, 5.74) is 10.4. The Balaban J connectivity index is 0.000000252. The number of hydrogen-bond acceptors (Lipinski definition) is 0. The minimum Gasteiger partial charge on any atom is -1.00 e. The summed E-state index contributed by atoms with van der Waals surface area (Å²) in [7, 11) is 0. The van der Waals surface area contributed by atoms with Gasteiger partial charge in [-0.3, -0.25) is 6.08 Å². The molecular formula is C52H52Cl2SiZr-2. The molecule has 0 spiro atoms. The van der Waals surface area contributed by atoms with Crippen molar-refractivity contribution in [3.63, 3.8) is 0 Å². The van der Waals surface area contributed by atoms with Crippen molar-refractivity contribution in [2.45, 2.75) is 72.6 Å². The van der Waals surface area contributed by atoms with Crippen LogP contribution in [-0.2, 0) is 34.2 Å². The van der Waals surface area contributed by atoms with Crippen LogP contribution in [0.2, 0.25) is 0 Å². The zero-order valence-electron chi connectivity index (χ0n) is 34.0. The zero-order chi connectivity index (χ0) is 38.5. The van der Waals surface area contributed by atoms with E-state index in [0.717, 1.165) is 6.42 Å². The summed E-state index contributed by atoms with van der Waals surface area (Å²) < 4.78 is 0. The standard InChI is InChI=1S/C33H33.C14H14Si.C5H5.2ClH.Zr/c1-32(2,3)30-20-26-24(18-28(30)22-13-9-7-10-14-22)17-25-19-29(23-15-11-8-12-16-23)31(21-27(25)26)33(4,5)6;1-11-3-7-13(8-4-11)15-14-9-5-12(2)6-10-14;1-2-4-5-3-1;;;/h7-21H,1-6H3;3-10H,1-2H3;1-3H,4H2;2*1H;/q-1;;-1;;;+2/p-2. The molecular weight excluding hydrogens is 815 g/mol. The van der Waals surface area contributed by atoms with E-state index in [0.29, 0.717) is 0 Å². The van der Waals surface area contributed by atoms with E-state index < -0.39 is 5.43 Å². The maximum absolute atomic E-state index is 2.99. The molecule has 4 heteroatoms. The number of rotatable bonds is 4. The van der Waals surface area contributed by atoms with Gasteiger partial charge in [0, 0.05) is 0 Å². The number of fused-ring (bicyclic) bond motifs is 3. The molecule has 0 fully saturated rings. The van der Waals surface area contributed by atoms with Crippen LogP contribution in [0.25, 0.3) is 43.8 Å². The van der Waals surface area contributed by atoms with Crippen LogP contribution >= 0.6 is 0 Å². The van der Waals surface area contributed by atoms with Crippen molar-refractivity contribution in [3.8, 4) is 22.3 Å². The molecule has 0 N–H and O–H groups in total. The molecule has 0 nitrogen and oxygen atoms in total. The second-order valence-corrected chi connectivity index (χ2v) is 22.0. The van der Waals surface area contributed by atoms with Gasteiger partial charge in [0.1, 0.15) is 0 Å². The summed E-state index contributed by atoms with van der Waals surface area (Å²) >= 11 is 1.65. The molecule has 56 heavy (non-hydrogen) atoms. The van der Waals surface area contributed by atoms with Crippen LogP contribution in [0.1, 0.15) is 70.2 Å². The Kier molecular flexibility index (Phi) is 15.8. The minimum atomic E-state index is -0.488. The Bertz CT molecular complexity index is 2250. The third kappa shape index (κ3) is 11.0. The minimum absolute atomic E-state index is 0. The zero-order valence-corrected chi connectivity index (χ0v) is 38.9. The maximum atomic E-state index is 2.99. The van der Waals surface area contributed by atoms with Gasteiger partial charge in [-0.05, 0) is 44.2 Å². The molecule has 0 unspecified atom stereocenters. The van der Waals surface area contributed by atoms with Crippen LogP contribution in [0.3, 0.4) is 0 Å². The Hall–Kier alpha value is -3.65. The molecule has 7 aromatic carbocycles. The molecule has 0 saturated heterocycles. The van der Waals surface area contributed by atoms with Gasteiger partial charge in [-0.25, -0.2) is 12.2 Å². The van der Waals surface area contributed by atoms with Crippen molar-refractivity contribution < 1.29 is 48.1 Å². The SMILES string of the molecule is CC(C)(C)c1cc2c(cc1-c1ccccc1)[cH-]c1cc(-c3ccccc3)c(C(C)(C)C)cc12.Cc1ccc([Si](=[Zr+2])c2ccc(C)cc2)cc1.[C-]1=CC=CC1.[Cl-].[Cl-]. The van der Waals surface area contributed by atoms with E-state index in [1.165, 1.54) is 76.4 Å². The van der Waals surface area contributed by atoms with Gasteiger partial charge in [0.2, 0.25) is 0 Å². The summed E-state index contributed by atoms with van der Waals surface area (Å²) in [6.07, 6.45) is 10.0. The number of hydrogen-bond donors (Lipinski definition) is 0. The van der Waals surface area contributed by atoms with E-state index in [-0.39, 0.29) is 35.6 Å². The van der Waals surface area contributed by atoms with Gasteiger partial charge in [0.05, 0.1) is 0 Å². The first-order valence-electron chi connectivity index (χ1n) is 19.1. The molecule has 1 aliphatic carbocycles. The van der Waals surface area contributed by atoms with E-state index in [1.807, 2.05) is 12.2 Å². The molecule has 0 aliphatic heterocycles. The van der Waals surface area contributed by atoms with E-state index in [4.69, 9.17) is 0 Å². The molecule has 1 aliphatic rings. The Morgan fingerprint density at radius 2 is 0.946 bits per heavy atom. The van der Waals surface area contributed by atoms with E-state index in [2.05, 4.69) is 207 Å². The van der Waals surface area contributed by atoms with Crippen molar-refractivity contribution >= 4 is 37.4 Å². The van der Waals surface area contributed by atoms with Gasteiger partial charge < -0.3 is 24.8 Å². The third-order valence-corrected chi connectivity index (χ3v) is 16.1. The Labute approximate surface area is 363 Å². The Morgan fingerprint density at radius 3 is 1.25 bits per heavy atom. The van der Waals surface area contributed by atoms with Gasteiger partial charge in [0.15, 0.2) is 0 Å². The van der Waals surface area contributed by atoms with Gasteiger partial charge in [-0.1, -0.05) is 114 Å². The molecule has 0 saturated carbocycles. The van der Waals surface area contributed by atoms with Crippen LogP contribution in [0, 0.1) is 19.9 Å². The molecule has 8 rings (SSSR count). The largest absolute Gasteiger partial charge is 1.00 e. The van der Waals surface area contributed by atoms with E-state index in [1.54, 1.807) is 23.3 Å². The van der Waals surface area contributed by atoms with Crippen molar-refractivity contribution in [1.82, 2.24) is 0 Å². The monoisotopic (exact) mass is 864 g/mol. The average molecular weight is 867 g/mol. The Morgan fingerprint density at radius 1 is 0.554 bits per heavy atom. The molecule has 0 aromatic heterocycles. The molecule has 0 heterocycles. The smallest absolute Gasteiger partial charge is 0.109 e.